The van der Waals surface area contributed by atoms with Crippen LogP contribution in [0.1, 0.15) is 18.3 Å². The minimum Gasteiger partial charge on any atom is -0.369 e. The quantitative estimate of drug-likeness (QED) is 0.865. The van der Waals surface area contributed by atoms with E-state index < -0.39 is 0 Å². The number of hydrogen-bond donors (Lipinski definition) is 1. The van der Waals surface area contributed by atoms with Crippen molar-refractivity contribution in [1.29, 1.82) is 0 Å². The fourth-order valence-electron chi connectivity index (χ4n) is 1.63. The molecular weight excluding hydrogens is 260 g/mol. The number of carbonyl (C=O) groups is 1. The number of rotatable bonds is 4. The van der Waals surface area contributed by atoms with Crippen LogP contribution in [0.4, 0.5) is 0 Å². The largest absolute Gasteiger partial charge is 0.369 e. The van der Waals surface area contributed by atoms with Gasteiger partial charge in [-0.1, -0.05) is 29.5 Å². The lowest BCUT2D eigenvalue weighted by Gasteiger charge is -2.10. The maximum absolute atomic E-state index is 11.1. The zero-order valence-corrected chi connectivity index (χ0v) is 11.9. The molecule has 0 unspecified atom stereocenters. The number of thioether (sulfide) groups is 1. The summed E-state index contributed by atoms with van der Waals surface area (Å²) in [6, 6.07) is 8.07. The topological polar surface area (TPSA) is 73.8 Å². The van der Waals surface area contributed by atoms with Gasteiger partial charge in [0.25, 0.3) is 0 Å². The van der Waals surface area contributed by atoms with Gasteiger partial charge in [-0.2, -0.15) is 0 Å². The Morgan fingerprint density at radius 3 is 2.47 bits per heavy atom. The number of benzene rings is 1. The van der Waals surface area contributed by atoms with Gasteiger partial charge < -0.3 is 5.73 Å². The second kappa shape index (κ2) is 5.44. The number of primary amides is 1. The second-order valence-electron chi connectivity index (χ2n) is 4.36. The third kappa shape index (κ3) is 2.96. The summed E-state index contributed by atoms with van der Waals surface area (Å²) in [5, 5.41) is 8.51. The van der Waals surface area contributed by atoms with Gasteiger partial charge in [0.15, 0.2) is 5.16 Å². The molecule has 1 atom stereocenters. The number of carbonyl (C=O) groups excluding carboxylic acids is 1. The van der Waals surface area contributed by atoms with Crippen LogP contribution in [0.25, 0.3) is 5.69 Å². The molecule has 2 aromatic rings. The predicted molar refractivity (Wildman–Crippen MR) is 75.3 cm³/mol. The first-order chi connectivity index (χ1) is 8.99. The van der Waals surface area contributed by atoms with Crippen molar-refractivity contribution in [3.8, 4) is 5.69 Å². The van der Waals surface area contributed by atoms with Crippen molar-refractivity contribution in [2.75, 3.05) is 0 Å². The Morgan fingerprint density at radius 1 is 1.26 bits per heavy atom. The van der Waals surface area contributed by atoms with Crippen LogP contribution in [0.2, 0.25) is 0 Å². The van der Waals surface area contributed by atoms with E-state index in [-0.39, 0.29) is 11.2 Å². The third-order valence-electron chi connectivity index (χ3n) is 2.77. The lowest BCUT2D eigenvalue weighted by Crippen LogP contribution is -2.23. The van der Waals surface area contributed by atoms with Gasteiger partial charge in [-0.3, -0.25) is 9.36 Å². The normalized spacial score (nSPS) is 12.4. The van der Waals surface area contributed by atoms with Crippen molar-refractivity contribution in [2.45, 2.75) is 31.2 Å². The Hall–Kier alpha value is -1.82. The molecule has 0 aliphatic heterocycles. The van der Waals surface area contributed by atoms with Crippen LogP contribution in [0.15, 0.2) is 29.4 Å². The van der Waals surface area contributed by atoms with Gasteiger partial charge in [0.1, 0.15) is 5.82 Å². The van der Waals surface area contributed by atoms with Gasteiger partial charge in [-0.15, -0.1) is 10.2 Å². The Labute approximate surface area is 116 Å². The molecule has 0 saturated heterocycles. The first-order valence-electron chi connectivity index (χ1n) is 5.94. The van der Waals surface area contributed by atoms with Crippen molar-refractivity contribution in [1.82, 2.24) is 14.8 Å². The van der Waals surface area contributed by atoms with E-state index in [1.165, 1.54) is 17.3 Å². The van der Waals surface area contributed by atoms with E-state index in [0.717, 1.165) is 11.5 Å². The third-order valence-corrected chi connectivity index (χ3v) is 3.83. The second-order valence-corrected chi connectivity index (χ2v) is 5.67. The van der Waals surface area contributed by atoms with Crippen molar-refractivity contribution in [2.24, 2.45) is 5.73 Å². The summed E-state index contributed by atoms with van der Waals surface area (Å²) >= 11 is 1.31. The van der Waals surface area contributed by atoms with E-state index in [2.05, 4.69) is 10.2 Å². The highest BCUT2D eigenvalue weighted by Crippen LogP contribution is 2.25. The summed E-state index contributed by atoms with van der Waals surface area (Å²) in [5.74, 6) is 0.420. The summed E-state index contributed by atoms with van der Waals surface area (Å²) in [6.07, 6.45) is 0. The van der Waals surface area contributed by atoms with Gasteiger partial charge in [0.2, 0.25) is 5.91 Å². The van der Waals surface area contributed by atoms with Crippen molar-refractivity contribution in [3.05, 3.63) is 35.7 Å². The molecule has 2 N–H and O–H groups in total. The number of aryl methyl sites for hydroxylation is 2. The van der Waals surface area contributed by atoms with Gasteiger partial charge >= 0.3 is 0 Å². The Bertz CT molecular complexity index is 591. The van der Waals surface area contributed by atoms with Crippen LogP contribution in [-0.4, -0.2) is 25.9 Å². The fraction of sp³-hybridized carbons (Fsp3) is 0.308. The molecule has 19 heavy (non-hydrogen) atoms. The van der Waals surface area contributed by atoms with Gasteiger partial charge in [-0.05, 0) is 32.9 Å². The molecule has 0 aliphatic rings. The summed E-state index contributed by atoms with van der Waals surface area (Å²) in [6.45, 7) is 5.68. The van der Waals surface area contributed by atoms with Crippen molar-refractivity contribution < 1.29 is 4.79 Å². The first-order valence-corrected chi connectivity index (χ1v) is 6.82. The molecular formula is C13H16N4OS. The van der Waals surface area contributed by atoms with Gasteiger partial charge in [0.05, 0.1) is 5.25 Å². The van der Waals surface area contributed by atoms with E-state index in [9.17, 15) is 4.79 Å². The lowest BCUT2D eigenvalue weighted by molar-refractivity contribution is -0.117. The first kappa shape index (κ1) is 13.6. The SMILES string of the molecule is Cc1ccc(-n2c(C)nnc2S[C@H](C)C(N)=O)cc1. The average Bonchev–Trinajstić information content (AvgIpc) is 2.72. The molecule has 5 nitrogen and oxygen atoms in total. The number of amides is 1. The van der Waals surface area contributed by atoms with Gasteiger partial charge in [0, 0.05) is 5.69 Å². The molecule has 1 aromatic heterocycles. The average molecular weight is 276 g/mol. The molecule has 100 valence electrons. The Kier molecular flexibility index (Phi) is 3.90. The fourth-order valence-corrected chi connectivity index (χ4v) is 2.49. The highest BCUT2D eigenvalue weighted by atomic mass is 32.2. The van der Waals surface area contributed by atoms with E-state index in [1.54, 1.807) is 6.92 Å². The molecule has 0 radical (unpaired) electrons. The Balaban J connectivity index is 2.37. The van der Waals surface area contributed by atoms with E-state index in [0.29, 0.717) is 5.16 Å². The molecule has 0 bridgehead atoms. The number of nitrogens with two attached hydrogens (primary N) is 1. The monoisotopic (exact) mass is 276 g/mol. The van der Waals surface area contributed by atoms with Crippen molar-refractivity contribution >= 4 is 17.7 Å². The molecule has 0 saturated carbocycles. The van der Waals surface area contributed by atoms with Crippen LogP contribution in [-0.2, 0) is 4.79 Å². The molecule has 1 heterocycles. The molecule has 2 rings (SSSR count). The van der Waals surface area contributed by atoms with E-state index >= 15 is 0 Å². The highest BCUT2D eigenvalue weighted by Gasteiger charge is 2.17. The van der Waals surface area contributed by atoms with Crippen molar-refractivity contribution in [3.63, 3.8) is 0 Å². The number of aromatic nitrogens is 3. The zero-order chi connectivity index (χ0) is 14.0. The molecule has 0 spiro atoms. The summed E-state index contributed by atoms with van der Waals surface area (Å²) < 4.78 is 1.92. The summed E-state index contributed by atoms with van der Waals surface area (Å²) in [4.78, 5) is 11.1. The molecule has 1 amide bonds. The van der Waals surface area contributed by atoms with Crippen LogP contribution < -0.4 is 5.73 Å². The maximum Gasteiger partial charge on any atom is 0.230 e. The van der Waals surface area contributed by atoms with Crippen LogP contribution in [0.5, 0.6) is 0 Å². The standard InChI is InChI=1S/C13H16N4OS/c1-8-4-6-11(7-5-8)17-10(3)15-16-13(17)19-9(2)12(14)18/h4-7,9H,1-3H3,(H2,14,18)/t9-/m1/s1. The summed E-state index contributed by atoms with van der Waals surface area (Å²) in [5.41, 5.74) is 7.45. The smallest absolute Gasteiger partial charge is 0.230 e. The predicted octanol–water partition coefficient (Wildman–Crippen LogP) is 1.85. The van der Waals surface area contributed by atoms with Crippen LogP contribution in [0, 0.1) is 13.8 Å². The molecule has 1 aromatic carbocycles. The summed E-state index contributed by atoms with van der Waals surface area (Å²) in [7, 11) is 0. The number of nitrogens with zero attached hydrogens (tertiary/aromatic N) is 3. The van der Waals surface area contributed by atoms with Crippen LogP contribution in [0.3, 0.4) is 0 Å². The maximum atomic E-state index is 11.1. The minimum absolute atomic E-state index is 0.340. The Morgan fingerprint density at radius 2 is 1.89 bits per heavy atom. The molecule has 0 aliphatic carbocycles. The lowest BCUT2D eigenvalue weighted by atomic mass is 10.2. The van der Waals surface area contributed by atoms with Crippen LogP contribution >= 0.6 is 11.8 Å². The zero-order valence-electron chi connectivity index (χ0n) is 11.1. The molecule has 6 heteroatoms. The highest BCUT2D eigenvalue weighted by molar-refractivity contribution is 8.00. The van der Waals surface area contributed by atoms with E-state index in [1.807, 2.05) is 42.7 Å². The minimum atomic E-state index is -0.360. The van der Waals surface area contributed by atoms with E-state index in [4.69, 9.17) is 5.73 Å². The molecule has 0 fully saturated rings. The number of hydrogen-bond acceptors (Lipinski definition) is 4. The van der Waals surface area contributed by atoms with Gasteiger partial charge in [-0.25, -0.2) is 0 Å².